The zero-order valence-electron chi connectivity index (χ0n) is 15.7. The number of nitrogens with one attached hydrogen (secondary N) is 1. The number of rotatable bonds is 8. The molecule has 152 valence electrons. The maximum Gasteiger partial charge on any atom is 0.302 e. The number of nitrogens with two attached hydrogens (primary N) is 1. The molecule has 11 nitrogen and oxygen atoms in total. The highest BCUT2D eigenvalue weighted by Gasteiger charge is 2.56. The van der Waals surface area contributed by atoms with Gasteiger partial charge in [0, 0.05) is 6.92 Å². The first-order chi connectivity index (χ1) is 12.6. The molecule has 2 heterocycles. The lowest BCUT2D eigenvalue weighted by molar-refractivity contribution is -0.196. The fraction of sp³-hybridized carbons (Fsp3) is 0.750. The molecular weight excluding hydrogens is 362 g/mol. The molecule has 0 aromatic heterocycles. The Bertz CT molecular complexity index is 608. The highest BCUT2D eigenvalue weighted by Crippen LogP contribution is 2.38. The van der Waals surface area contributed by atoms with Crippen LogP contribution in [0.1, 0.15) is 27.7 Å². The normalized spacial score (nSPS) is 29.9. The van der Waals surface area contributed by atoms with E-state index in [1.807, 2.05) is 0 Å². The molecule has 0 spiro atoms. The van der Waals surface area contributed by atoms with Gasteiger partial charge in [0.1, 0.15) is 24.9 Å². The smallest absolute Gasteiger partial charge is 0.302 e. The van der Waals surface area contributed by atoms with Gasteiger partial charge in [-0.25, -0.2) is 4.99 Å². The largest absolute Gasteiger partial charge is 0.484 e. The van der Waals surface area contributed by atoms with Crippen LogP contribution in [0.15, 0.2) is 4.99 Å². The minimum absolute atomic E-state index is 0.0654. The van der Waals surface area contributed by atoms with Gasteiger partial charge in [-0.15, -0.1) is 0 Å². The van der Waals surface area contributed by atoms with Crippen LogP contribution in [0.4, 0.5) is 0 Å². The highest BCUT2D eigenvalue weighted by molar-refractivity contribution is 6.04. The SMILES string of the molecule is CCOC=NC(C(N)=O)C(=O)NC1O[C@H](COC(C)=O)[C@H]2OC(C)(C)O[C@@H]12. The summed E-state index contributed by atoms with van der Waals surface area (Å²) in [4.78, 5) is 38.7. The van der Waals surface area contributed by atoms with E-state index in [1.54, 1.807) is 20.8 Å². The lowest BCUT2D eigenvalue weighted by Crippen LogP contribution is -2.50. The van der Waals surface area contributed by atoms with E-state index in [-0.39, 0.29) is 6.61 Å². The Morgan fingerprint density at radius 3 is 2.56 bits per heavy atom. The summed E-state index contributed by atoms with van der Waals surface area (Å²) in [5, 5.41) is 2.54. The van der Waals surface area contributed by atoms with E-state index in [0.717, 1.165) is 6.40 Å². The van der Waals surface area contributed by atoms with Crippen LogP contribution in [0.5, 0.6) is 0 Å². The van der Waals surface area contributed by atoms with Crippen LogP contribution in [-0.2, 0) is 38.1 Å². The number of aliphatic imine (C=N–C) groups is 1. The van der Waals surface area contributed by atoms with Crippen molar-refractivity contribution in [1.82, 2.24) is 5.32 Å². The molecule has 2 aliphatic heterocycles. The molecule has 2 fully saturated rings. The van der Waals surface area contributed by atoms with Crippen molar-refractivity contribution in [2.24, 2.45) is 10.7 Å². The molecule has 2 rings (SSSR count). The van der Waals surface area contributed by atoms with Gasteiger partial charge in [0.2, 0.25) is 6.04 Å². The zero-order chi connectivity index (χ0) is 20.2. The second-order valence-corrected chi connectivity index (χ2v) is 6.49. The molecule has 5 atom stereocenters. The Kier molecular flexibility index (Phi) is 6.73. The molecule has 2 aliphatic rings. The molecule has 2 unspecified atom stereocenters. The van der Waals surface area contributed by atoms with E-state index in [4.69, 9.17) is 29.4 Å². The van der Waals surface area contributed by atoms with E-state index >= 15 is 0 Å². The van der Waals surface area contributed by atoms with E-state index in [2.05, 4.69) is 10.3 Å². The van der Waals surface area contributed by atoms with Gasteiger partial charge in [-0.05, 0) is 20.8 Å². The van der Waals surface area contributed by atoms with Crippen molar-refractivity contribution < 1.29 is 38.1 Å². The predicted octanol–water partition coefficient (Wildman–Crippen LogP) is -1.17. The van der Waals surface area contributed by atoms with Crippen LogP contribution in [-0.4, -0.2) is 73.8 Å². The van der Waals surface area contributed by atoms with Crippen LogP contribution >= 0.6 is 0 Å². The van der Waals surface area contributed by atoms with Crippen LogP contribution in [0.2, 0.25) is 0 Å². The third kappa shape index (κ3) is 5.37. The Hall–Kier alpha value is -2.24. The van der Waals surface area contributed by atoms with Gasteiger partial charge in [-0.2, -0.15) is 0 Å². The summed E-state index contributed by atoms with van der Waals surface area (Å²) >= 11 is 0. The Morgan fingerprint density at radius 2 is 1.96 bits per heavy atom. The maximum atomic E-state index is 12.4. The third-order valence-electron chi connectivity index (χ3n) is 3.85. The summed E-state index contributed by atoms with van der Waals surface area (Å²) in [6, 6.07) is -1.48. The number of carbonyl (C=O) groups is 3. The molecule has 2 amide bonds. The fourth-order valence-corrected chi connectivity index (χ4v) is 2.80. The number of primary amides is 1. The maximum absolute atomic E-state index is 12.4. The van der Waals surface area contributed by atoms with E-state index in [9.17, 15) is 14.4 Å². The molecule has 0 bridgehead atoms. The second kappa shape index (κ2) is 8.63. The summed E-state index contributed by atoms with van der Waals surface area (Å²) < 4.78 is 27.1. The Morgan fingerprint density at radius 1 is 1.30 bits per heavy atom. The van der Waals surface area contributed by atoms with Crippen LogP contribution < -0.4 is 11.1 Å². The standard InChI is InChI=1S/C16H25N3O8/c1-5-23-7-18-10(13(17)21)14(22)19-15-12-11(26-16(3,4)27-12)9(25-15)6-24-8(2)20/h7,9-12,15H,5-6H2,1-4H3,(H2,17,21)(H,19,22)/t9-,10?,11-,12-,15?/m1/s1. The van der Waals surface area contributed by atoms with Crippen LogP contribution in [0.25, 0.3) is 0 Å². The fourth-order valence-electron chi connectivity index (χ4n) is 2.80. The summed E-state index contributed by atoms with van der Waals surface area (Å²) in [7, 11) is 0. The zero-order valence-corrected chi connectivity index (χ0v) is 15.7. The summed E-state index contributed by atoms with van der Waals surface area (Å²) in [5.74, 6) is -3.10. The molecule has 0 aromatic carbocycles. The monoisotopic (exact) mass is 387 g/mol. The quantitative estimate of drug-likeness (QED) is 0.229. The Balaban J connectivity index is 2.08. The summed E-state index contributed by atoms with van der Waals surface area (Å²) in [5.41, 5.74) is 5.23. The molecule has 27 heavy (non-hydrogen) atoms. The van der Waals surface area contributed by atoms with Gasteiger partial charge in [0.25, 0.3) is 11.8 Å². The first-order valence-corrected chi connectivity index (χ1v) is 8.52. The highest BCUT2D eigenvalue weighted by atomic mass is 16.8. The molecule has 0 radical (unpaired) electrons. The van der Waals surface area contributed by atoms with Crippen molar-refractivity contribution in [3.05, 3.63) is 0 Å². The lowest BCUT2D eigenvalue weighted by atomic mass is 10.1. The number of hydrogen-bond acceptors (Lipinski definition) is 9. The van der Waals surface area contributed by atoms with Gasteiger partial charge in [-0.3, -0.25) is 14.4 Å². The first kappa shape index (κ1) is 21.1. The number of nitrogens with zero attached hydrogens (tertiary/aromatic N) is 1. The summed E-state index contributed by atoms with van der Waals surface area (Å²) in [6.07, 6.45) is -1.81. The predicted molar refractivity (Wildman–Crippen MR) is 90.4 cm³/mol. The number of esters is 1. The van der Waals surface area contributed by atoms with Crippen molar-refractivity contribution >= 4 is 24.2 Å². The molecule has 0 saturated carbocycles. The Labute approximate surface area is 156 Å². The molecule has 11 heteroatoms. The summed E-state index contributed by atoms with van der Waals surface area (Å²) in [6.45, 7) is 6.68. The molecule has 3 N–H and O–H groups in total. The van der Waals surface area contributed by atoms with Gasteiger partial charge < -0.3 is 34.7 Å². The molecule has 0 aromatic rings. The van der Waals surface area contributed by atoms with E-state index < -0.39 is 54.2 Å². The van der Waals surface area contributed by atoms with Gasteiger partial charge in [0.05, 0.1) is 6.61 Å². The van der Waals surface area contributed by atoms with Crippen molar-refractivity contribution in [3.63, 3.8) is 0 Å². The average Bonchev–Trinajstić information content (AvgIpc) is 3.03. The lowest BCUT2D eigenvalue weighted by Gasteiger charge is -2.24. The number of hydrogen-bond donors (Lipinski definition) is 2. The molecule has 2 saturated heterocycles. The van der Waals surface area contributed by atoms with Crippen molar-refractivity contribution in [2.45, 2.75) is 64.1 Å². The van der Waals surface area contributed by atoms with Gasteiger partial charge in [-0.1, -0.05) is 0 Å². The van der Waals surface area contributed by atoms with Crippen molar-refractivity contribution in [1.29, 1.82) is 0 Å². The third-order valence-corrected chi connectivity index (χ3v) is 3.85. The average molecular weight is 387 g/mol. The van der Waals surface area contributed by atoms with Crippen molar-refractivity contribution in [2.75, 3.05) is 13.2 Å². The number of amides is 2. The van der Waals surface area contributed by atoms with Crippen LogP contribution in [0.3, 0.4) is 0 Å². The number of carbonyl (C=O) groups excluding carboxylic acids is 3. The topological polar surface area (TPSA) is 148 Å². The van der Waals surface area contributed by atoms with Gasteiger partial charge >= 0.3 is 5.97 Å². The molecular formula is C16H25N3O8. The minimum atomic E-state index is -1.48. The minimum Gasteiger partial charge on any atom is -0.484 e. The molecule has 0 aliphatic carbocycles. The van der Waals surface area contributed by atoms with Crippen molar-refractivity contribution in [3.8, 4) is 0 Å². The van der Waals surface area contributed by atoms with E-state index in [0.29, 0.717) is 6.61 Å². The number of fused-ring (bicyclic) bond motifs is 1. The van der Waals surface area contributed by atoms with Gasteiger partial charge in [0.15, 0.2) is 18.4 Å². The first-order valence-electron chi connectivity index (χ1n) is 8.52. The number of ether oxygens (including phenoxy) is 5. The second-order valence-electron chi connectivity index (χ2n) is 6.49. The van der Waals surface area contributed by atoms with E-state index in [1.165, 1.54) is 6.92 Å². The van der Waals surface area contributed by atoms with Crippen LogP contribution in [0, 0.1) is 0 Å².